The van der Waals surface area contributed by atoms with Crippen LogP contribution in [0, 0.1) is 0 Å². The lowest BCUT2D eigenvalue weighted by Crippen LogP contribution is -2.22. The molecule has 1 atom stereocenters. The van der Waals surface area contributed by atoms with Gasteiger partial charge >= 0.3 is 0 Å². The van der Waals surface area contributed by atoms with Gasteiger partial charge in [0.15, 0.2) is 0 Å². The molecule has 0 aromatic heterocycles. The Balaban J connectivity index is 3.04. The number of nitrogens with two attached hydrogens (primary N) is 1. The molecule has 0 saturated carbocycles. The number of unbranched alkanes of at least 4 members (excludes halogenated alkanes) is 15. The molecule has 0 aliphatic carbocycles. The van der Waals surface area contributed by atoms with Crippen LogP contribution in [0.4, 0.5) is 0 Å². The van der Waals surface area contributed by atoms with E-state index in [1.807, 2.05) is 0 Å². The van der Waals surface area contributed by atoms with Crippen LogP contribution in [0.3, 0.4) is 0 Å². The fourth-order valence-corrected chi connectivity index (χ4v) is 3.45. The predicted octanol–water partition coefficient (Wildman–Crippen LogP) is 6.93. The second kappa shape index (κ2) is 18.5. The third-order valence-corrected chi connectivity index (χ3v) is 5.86. The maximum atomic E-state index is 10.9. The minimum absolute atomic E-state index is 0.0271. The number of hydrogen-bond acceptors (Lipinski definition) is 1. The van der Waals surface area contributed by atoms with Gasteiger partial charge in [-0.15, -0.1) is 0 Å². The summed E-state index contributed by atoms with van der Waals surface area (Å²) in [5.74, 6) is -0.161. The van der Waals surface area contributed by atoms with E-state index in [1.165, 1.54) is 96.3 Å². The Hall–Kier alpha value is 0.200. The second-order valence-corrected chi connectivity index (χ2v) is 8.47. The van der Waals surface area contributed by atoms with Crippen molar-refractivity contribution in [1.29, 1.82) is 0 Å². The Morgan fingerprint density at radius 3 is 1.30 bits per heavy atom. The van der Waals surface area contributed by atoms with Crippen molar-refractivity contribution in [2.75, 3.05) is 0 Å². The first-order valence-corrected chi connectivity index (χ1v) is 11.4. The maximum absolute atomic E-state index is 10.9. The zero-order valence-corrected chi connectivity index (χ0v) is 17.6. The van der Waals surface area contributed by atoms with E-state index >= 15 is 0 Å². The fraction of sp³-hybridized carbons (Fsp3) is 0.950. The van der Waals surface area contributed by atoms with Crippen molar-refractivity contribution in [2.24, 2.45) is 5.73 Å². The number of carbonyl (C=O) groups excluding carboxylic acids is 1. The molecule has 0 aromatic rings. The zero-order chi connectivity index (χ0) is 17.2. The fourth-order valence-electron chi connectivity index (χ4n) is 3.01. The number of amides is 1. The quantitative estimate of drug-likeness (QED) is 0.141. The highest BCUT2D eigenvalue weighted by Gasteiger charge is 2.08. The summed E-state index contributed by atoms with van der Waals surface area (Å²) in [5.41, 5.74) is 5.26. The first-order valence-electron chi connectivity index (χ1n) is 10.1. The van der Waals surface area contributed by atoms with E-state index in [-0.39, 0.29) is 9.83 Å². The minimum atomic E-state index is -0.161. The van der Waals surface area contributed by atoms with Gasteiger partial charge in [0.05, 0.1) is 3.92 Å². The van der Waals surface area contributed by atoms with Gasteiger partial charge in [0.25, 0.3) is 0 Å². The van der Waals surface area contributed by atoms with Crippen LogP contribution in [-0.2, 0) is 4.79 Å². The van der Waals surface area contributed by atoms with E-state index in [4.69, 9.17) is 5.73 Å². The van der Waals surface area contributed by atoms with Gasteiger partial charge in [0.2, 0.25) is 5.91 Å². The Labute approximate surface area is 158 Å². The van der Waals surface area contributed by atoms with Gasteiger partial charge in [-0.3, -0.25) is 4.79 Å². The van der Waals surface area contributed by atoms with Crippen molar-refractivity contribution < 1.29 is 4.79 Å². The van der Waals surface area contributed by atoms with E-state index in [0.717, 1.165) is 12.8 Å². The van der Waals surface area contributed by atoms with Gasteiger partial charge in [-0.2, -0.15) is 0 Å². The lowest BCUT2D eigenvalue weighted by atomic mass is 10.0. The summed E-state index contributed by atoms with van der Waals surface area (Å²) in [6.07, 6.45) is 23.2. The van der Waals surface area contributed by atoms with Gasteiger partial charge in [-0.25, -0.2) is 0 Å². The molecular weight excluding hydrogens is 397 g/mol. The first kappa shape index (κ1) is 23.2. The summed E-state index contributed by atoms with van der Waals surface area (Å²) in [6.45, 7) is 2.28. The van der Waals surface area contributed by atoms with Gasteiger partial charge in [-0.1, -0.05) is 132 Å². The van der Waals surface area contributed by atoms with Crippen LogP contribution < -0.4 is 5.73 Å². The van der Waals surface area contributed by atoms with Crippen molar-refractivity contribution >= 4 is 28.5 Å². The number of primary amides is 1. The normalized spacial score (nSPS) is 12.4. The number of carbonyl (C=O) groups is 1. The predicted molar refractivity (Wildman–Crippen MR) is 111 cm³/mol. The van der Waals surface area contributed by atoms with Crippen molar-refractivity contribution in [3.8, 4) is 0 Å². The van der Waals surface area contributed by atoms with E-state index in [1.54, 1.807) is 0 Å². The van der Waals surface area contributed by atoms with Crippen LogP contribution in [0.1, 0.15) is 116 Å². The highest BCUT2D eigenvalue weighted by atomic mass is 127. The first-order chi connectivity index (χ1) is 11.2. The lowest BCUT2D eigenvalue weighted by molar-refractivity contribution is -0.117. The van der Waals surface area contributed by atoms with Crippen LogP contribution >= 0.6 is 22.6 Å². The molecule has 0 aromatic carbocycles. The average molecular weight is 437 g/mol. The van der Waals surface area contributed by atoms with Crippen LogP contribution in [0.2, 0.25) is 0 Å². The molecule has 138 valence electrons. The molecular formula is C20H40INO. The Kier molecular flexibility index (Phi) is 18.7. The second-order valence-electron chi connectivity index (χ2n) is 6.96. The van der Waals surface area contributed by atoms with E-state index in [9.17, 15) is 4.79 Å². The smallest absolute Gasteiger partial charge is 0.230 e. The molecule has 2 nitrogen and oxygen atoms in total. The van der Waals surface area contributed by atoms with Crippen LogP contribution in [-0.4, -0.2) is 9.83 Å². The largest absolute Gasteiger partial charge is 0.369 e. The van der Waals surface area contributed by atoms with E-state index in [0.29, 0.717) is 0 Å². The van der Waals surface area contributed by atoms with Crippen molar-refractivity contribution in [3.63, 3.8) is 0 Å². The topological polar surface area (TPSA) is 43.1 Å². The molecule has 0 rings (SSSR count). The Morgan fingerprint density at radius 2 is 1.00 bits per heavy atom. The summed E-state index contributed by atoms with van der Waals surface area (Å²) in [4.78, 5) is 10.9. The molecule has 0 fully saturated rings. The van der Waals surface area contributed by atoms with Gasteiger partial charge in [-0.05, 0) is 6.42 Å². The number of rotatable bonds is 18. The highest BCUT2D eigenvalue weighted by molar-refractivity contribution is 14.1. The summed E-state index contributed by atoms with van der Waals surface area (Å²) in [6, 6.07) is 0. The van der Waals surface area contributed by atoms with Crippen LogP contribution in [0.25, 0.3) is 0 Å². The molecule has 0 bridgehead atoms. The molecule has 2 N–H and O–H groups in total. The zero-order valence-electron chi connectivity index (χ0n) is 15.5. The molecule has 0 spiro atoms. The molecule has 0 saturated heterocycles. The van der Waals surface area contributed by atoms with Gasteiger partial charge < -0.3 is 5.73 Å². The summed E-state index contributed by atoms with van der Waals surface area (Å²) in [5, 5.41) is 0. The van der Waals surface area contributed by atoms with Crippen molar-refractivity contribution in [1.82, 2.24) is 0 Å². The van der Waals surface area contributed by atoms with Crippen molar-refractivity contribution in [2.45, 2.75) is 120 Å². The number of hydrogen-bond donors (Lipinski definition) is 1. The van der Waals surface area contributed by atoms with Crippen LogP contribution in [0.5, 0.6) is 0 Å². The number of halogens is 1. The highest BCUT2D eigenvalue weighted by Crippen LogP contribution is 2.15. The monoisotopic (exact) mass is 437 g/mol. The summed E-state index contributed by atoms with van der Waals surface area (Å²) < 4.78 is 0.0271. The SMILES string of the molecule is CCCCCCCCCCCCCCCCCCC(I)C(N)=O. The average Bonchev–Trinajstić information content (AvgIpc) is 2.54. The van der Waals surface area contributed by atoms with Gasteiger partial charge in [0, 0.05) is 0 Å². The van der Waals surface area contributed by atoms with Gasteiger partial charge in [0.1, 0.15) is 0 Å². The molecule has 23 heavy (non-hydrogen) atoms. The molecule has 0 heterocycles. The maximum Gasteiger partial charge on any atom is 0.230 e. The Morgan fingerprint density at radius 1 is 0.696 bits per heavy atom. The molecule has 0 radical (unpaired) electrons. The molecule has 3 heteroatoms. The van der Waals surface area contributed by atoms with E-state index in [2.05, 4.69) is 29.5 Å². The third kappa shape index (κ3) is 18.4. The minimum Gasteiger partial charge on any atom is -0.369 e. The standard InChI is InChI=1S/C20H40INO/c1-2-3-4-5-6-7-8-9-10-11-12-13-14-15-16-17-18-19(21)20(22)23/h19H,2-18H2,1H3,(H2,22,23). The van der Waals surface area contributed by atoms with Crippen molar-refractivity contribution in [3.05, 3.63) is 0 Å². The molecule has 0 aliphatic heterocycles. The van der Waals surface area contributed by atoms with Crippen LogP contribution in [0.15, 0.2) is 0 Å². The molecule has 0 aliphatic rings. The van der Waals surface area contributed by atoms with E-state index < -0.39 is 0 Å². The number of alkyl halides is 1. The third-order valence-electron chi connectivity index (χ3n) is 4.62. The lowest BCUT2D eigenvalue weighted by Gasteiger charge is -2.05. The molecule has 1 amide bonds. The molecule has 1 unspecified atom stereocenters. The summed E-state index contributed by atoms with van der Waals surface area (Å²) in [7, 11) is 0. The summed E-state index contributed by atoms with van der Waals surface area (Å²) >= 11 is 2.16. The Bertz CT molecular complexity index is 258.